The number of hydrogen-bond acceptors (Lipinski definition) is 8. The van der Waals surface area contributed by atoms with Crippen LogP contribution in [0.3, 0.4) is 0 Å². The molecule has 6 rings (SSSR count). The Balaban J connectivity index is 1.10. The molecule has 1 saturated carbocycles. The van der Waals surface area contributed by atoms with Gasteiger partial charge >= 0.3 is 0 Å². The summed E-state index contributed by atoms with van der Waals surface area (Å²) in [5, 5.41) is 4.59. The van der Waals surface area contributed by atoms with Crippen LogP contribution in [0.1, 0.15) is 38.2 Å². The summed E-state index contributed by atoms with van der Waals surface area (Å²) in [5.41, 5.74) is 10.0. The average molecular weight is 564 g/mol. The molecule has 41 heavy (non-hydrogen) atoms. The van der Waals surface area contributed by atoms with E-state index in [-0.39, 0.29) is 29.4 Å². The molecule has 1 unspecified atom stereocenters. The van der Waals surface area contributed by atoms with E-state index in [4.69, 9.17) is 20.2 Å². The van der Waals surface area contributed by atoms with Crippen LogP contribution >= 0.6 is 0 Å². The lowest BCUT2D eigenvalue weighted by atomic mass is 9.77. The monoisotopic (exact) mass is 563 g/mol. The van der Waals surface area contributed by atoms with Gasteiger partial charge in [0.2, 0.25) is 5.91 Å². The van der Waals surface area contributed by atoms with Gasteiger partial charge < -0.3 is 25.0 Å². The van der Waals surface area contributed by atoms with Crippen molar-refractivity contribution in [1.82, 2.24) is 19.4 Å². The van der Waals surface area contributed by atoms with E-state index >= 15 is 0 Å². The predicted molar refractivity (Wildman–Crippen MR) is 161 cm³/mol. The van der Waals surface area contributed by atoms with Gasteiger partial charge in [-0.1, -0.05) is 6.08 Å². The lowest BCUT2D eigenvalue weighted by molar-refractivity contribution is -0.139. The zero-order valence-corrected chi connectivity index (χ0v) is 24.7. The average Bonchev–Trinajstić information content (AvgIpc) is 3.44. The zero-order chi connectivity index (χ0) is 28.6. The Morgan fingerprint density at radius 3 is 2.54 bits per heavy atom. The van der Waals surface area contributed by atoms with Crippen LogP contribution in [0.4, 0.5) is 5.69 Å². The lowest BCUT2D eigenvalue weighted by Gasteiger charge is -2.46. The summed E-state index contributed by atoms with van der Waals surface area (Å²) in [6.45, 7) is 8.85. The van der Waals surface area contributed by atoms with Gasteiger partial charge in [-0.25, -0.2) is 4.52 Å². The van der Waals surface area contributed by atoms with Crippen LogP contribution in [0.25, 0.3) is 5.52 Å². The standard InChI is InChI=1S/C31H45N7O3/c1-22(21-40-2)35-10-7-31(41-3,8-11-35)25-4-5-27(33-19-25)24-18-29-28(6-9-34-38(29)20-24)36-12-14-37(15-13-36)30(39)23-16-26(32)17-23/h4-6,9,18,20,22-23,25-26H,7-8,10-17,19,21,32H2,1-3H3/t22-,23-,25?,26-/m1/s1. The Morgan fingerprint density at radius 1 is 1.15 bits per heavy atom. The number of fused-ring (bicyclic) bond motifs is 1. The summed E-state index contributed by atoms with van der Waals surface area (Å²) in [7, 11) is 3.62. The van der Waals surface area contributed by atoms with Crippen molar-refractivity contribution in [2.24, 2.45) is 22.6 Å². The second-order valence-electron chi connectivity index (χ2n) is 12.3. The Bertz CT molecular complexity index is 1280. The Hall–Kier alpha value is -2.79. The van der Waals surface area contributed by atoms with E-state index in [2.05, 4.69) is 52.3 Å². The van der Waals surface area contributed by atoms with E-state index in [0.717, 1.165) is 101 Å². The van der Waals surface area contributed by atoms with Gasteiger partial charge in [0, 0.05) is 102 Å². The first kappa shape index (κ1) is 28.3. The number of piperidine rings is 1. The van der Waals surface area contributed by atoms with Gasteiger partial charge in [0.1, 0.15) is 0 Å². The largest absolute Gasteiger partial charge is 0.383 e. The molecule has 1 aliphatic carbocycles. The minimum absolute atomic E-state index is 0.123. The Labute approximate surface area is 243 Å². The van der Waals surface area contributed by atoms with Crippen LogP contribution in [0, 0.1) is 11.8 Å². The summed E-state index contributed by atoms with van der Waals surface area (Å²) in [6, 6.07) is 4.89. The number of carbonyl (C=O) groups is 1. The highest BCUT2D eigenvalue weighted by atomic mass is 16.5. The lowest BCUT2D eigenvalue weighted by Crippen LogP contribution is -2.53. The van der Waals surface area contributed by atoms with Crippen molar-refractivity contribution in [1.29, 1.82) is 0 Å². The summed E-state index contributed by atoms with van der Waals surface area (Å²) >= 11 is 0. The molecular formula is C31H45N7O3. The number of allylic oxidation sites excluding steroid dienone is 1. The third-order valence-electron chi connectivity index (χ3n) is 9.94. The van der Waals surface area contributed by atoms with E-state index in [0.29, 0.717) is 6.04 Å². The molecule has 2 aromatic heterocycles. The maximum Gasteiger partial charge on any atom is 0.225 e. The molecular weight excluding hydrogens is 518 g/mol. The molecule has 0 bridgehead atoms. The van der Waals surface area contributed by atoms with E-state index < -0.39 is 0 Å². The first-order chi connectivity index (χ1) is 19.9. The van der Waals surface area contributed by atoms with Crippen molar-refractivity contribution in [3.8, 4) is 0 Å². The molecule has 2 saturated heterocycles. The van der Waals surface area contributed by atoms with Crippen LogP contribution < -0.4 is 10.6 Å². The highest BCUT2D eigenvalue weighted by molar-refractivity contribution is 6.10. The number of nitrogens with two attached hydrogens (primary N) is 1. The summed E-state index contributed by atoms with van der Waals surface area (Å²) in [6.07, 6.45) is 12.0. The number of likely N-dealkylation sites (tertiary alicyclic amines) is 1. The fourth-order valence-electron chi connectivity index (χ4n) is 7.16. The third kappa shape index (κ3) is 5.55. The first-order valence-electron chi connectivity index (χ1n) is 15.2. The van der Waals surface area contributed by atoms with Gasteiger partial charge in [-0.15, -0.1) is 0 Å². The third-order valence-corrected chi connectivity index (χ3v) is 9.94. The molecule has 0 spiro atoms. The molecule has 10 heteroatoms. The second kappa shape index (κ2) is 11.8. The first-order valence-corrected chi connectivity index (χ1v) is 15.2. The highest BCUT2D eigenvalue weighted by Gasteiger charge is 2.42. The Morgan fingerprint density at radius 2 is 1.90 bits per heavy atom. The Kier molecular flexibility index (Phi) is 8.18. The summed E-state index contributed by atoms with van der Waals surface area (Å²) in [4.78, 5) is 24.7. The number of methoxy groups -OCH3 is 2. The normalized spacial score (nSPS) is 27.5. The molecule has 0 aromatic carbocycles. The minimum atomic E-state index is -0.177. The highest BCUT2D eigenvalue weighted by Crippen LogP contribution is 2.37. The van der Waals surface area contributed by atoms with E-state index in [1.54, 1.807) is 7.11 Å². The van der Waals surface area contributed by atoms with Gasteiger partial charge in [0.15, 0.2) is 0 Å². The fourth-order valence-corrected chi connectivity index (χ4v) is 7.16. The maximum absolute atomic E-state index is 12.8. The van der Waals surface area contributed by atoms with Crippen LogP contribution in [0.5, 0.6) is 0 Å². The number of amides is 1. The number of nitrogens with zero attached hydrogens (tertiary/aromatic N) is 6. The van der Waals surface area contributed by atoms with E-state index in [1.165, 1.54) is 0 Å². The van der Waals surface area contributed by atoms with Gasteiger partial charge in [-0.2, -0.15) is 5.10 Å². The number of aromatic nitrogens is 2. The number of piperazine rings is 1. The molecule has 3 aliphatic heterocycles. The topological polar surface area (TPSA) is 101 Å². The molecule has 5 heterocycles. The maximum atomic E-state index is 12.8. The molecule has 1 amide bonds. The van der Waals surface area contributed by atoms with Crippen molar-refractivity contribution in [2.45, 2.75) is 50.3 Å². The van der Waals surface area contributed by atoms with Crippen molar-refractivity contribution < 1.29 is 14.3 Å². The SMILES string of the molecule is COC[C@@H](C)N1CCC(OC)(C2C=CC(c3cc4c(N5CCN(C(=O)[C@H]6C[C@H](N)C6)CC5)ccnn4c3)=NC2)CC1. The number of dihydropyridines is 1. The van der Waals surface area contributed by atoms with Gasteiger partial charge in [-0.3, -0.25) is 14.7 Å². The molecule has 10 nitrogen and oxygen atoms in total. The molecule has 2 aromatic rings. The van der Waals surface area contributed by atoms with E-state index in [1.807, 2.05) is 22.7 Å². The summed E-state index contributed by atoms with van der Waals surface area (Å²) in [5.74, 6) is 0.659. The number of hydrogen-bond donors (Lipinski definition) is 1. The molecule has 222 valence electrons. The number of anilines is 1. The summed E-state index contributed by atoms with van der Waals surface area (Å²) < 4.78 is 13.5. The van der Waals surface area contributed by atoms with Crippen molar-refractivity contribution in [3.63, 3.8) is 0 Å². The van der Waals surface area contributed by atoms with Crippen molar-refractivity contribution in [3.05, 3.63) is 42.2 Å². The molecule has 4 aliphatic rings. The van der Waals surface area contributed by atoms with Crippen LogP contribution in [-0.2, 0) is 14.3 Å². The van der Waals surface area contributed by atoms with Crippen molar-refractivity contribution >= 4 is 22.8 Å². The second-order valence-corrected chi connectivity index (χ2v) is 12.3. The predicted octanol–water partition coefficient (Wildman–Crippen LogP) is 2.21. The van der Waals surface area contributed by atoms with Crippen molar-refractivity contribution in [2.75, 3.05) is 71.5 Å². The van der Waals surface area contributed by atoms with Crippen LogP contribution in [-0.4, -0.2) is 115 Å². The fraction of sp³-hybridized carbons (Fsp3) is 0.645. The number of rotatable bonds is 8. The number of ether oxygens (including phenoxy) is 2. The number of aliphatic imine (C=N–C) groups is 1. The van der Waals surface area contributed by atoms with Gasteiger partial charge in [0.25, 0.3) is 0 Å². The molecule has 3 fully saturated rings. The molecule has 2 atom stereocenters. The zero-order valence-electron chi connectivity index (χ0n) is 24.7. The van der Waals surface area contributed by atoms with Crippen LogP contribution in [0.2, 0.25) is 0 Å². The molecule has 2 N–H and O–H groups in total. The quantitative estimate of drug-likeness (QED) is 0.526. The van der Waals surface area contributed by atoms with Crippen LogP contribution in [0.15, 0.2) is 41.7 Å². The van der Waals surface area contributed by atoms with Gasteiger partial charge in [0.05, 0.1) is 29.1 Å². The molecule has 0 radical (unpaired) electrons. The minimum Gasteiger partial charge on any atom is -0.383 e. The number of carbonyl (C=O) groups excluding carboxylic acids is 1. The smallest absolute Gasteiger partial charge is 0.225 e. The van der Waals surface area contributed by atoms with E-state index in [9.17, 15) is 4.79 Å². The van der Waals surface area contributed by atoms with Gasteiger partial charge in [-0.05, 0) is 50.8 Å².